The Morgan fingerprint density at radius 3 is 2.81 bits per heavy atom. The molecule has 2 amide bonds. The number of thioether (sulfide) groups is 2. The summed E-state index contributed by atoms with van der Waals surface area (Å²) < 4.78 is 4.47. The van der Waals surface area contributed by atoms with Crippen LogP contribution in [-0.4, -0.2) is 70.4 Å². The first-order chi connectivity index (χ1) is 14.8. The van der Waals surface area contributed by atoms with Gasteiger partial charge in [0.2, 0.25) is 0 Å². The van der Waals surface area contributed by atoms with Gasteiger partial charge >= 0.3 is 5.97 Å². The number of carboxylic acids is 1. The molecular weight excluding hydrogens is 510 g/mol. The molecule has 5 N–H and O–H groups in total. The number of nitrogen functional groups attached to an aromatic ring is 1. The van der Waals surface area contributed by atoms with Crippen molar-refractivity contribution < 1.29 is 24.7 Å². The van der Waals surface area contributed by atoms with Crippen LogP contribution in [0.1, 0.15) is 5.69 Å². The second-order valence-electron chi connectivity index (χ2n) is 5.90. The number of fused-ring (bicyclic) bond motifs is 1. The number of amides is 2. The zero-order chi connectivity index (χ0) is 22.3. The number of halogens is 1. The smallest absolute Gasteiger partial charge is 0.353 e. The van der Waals surface area contributed by atoms with E-state index in [4.69, 9.17) is 17.3 Å². The summed E-state index contributed by atoms with van der Waals surface area (Å²) in [7, 11) is 0. The number of nitrogens with two attached hydrogens (primary N) is 1. The summed E-state index contributed by atoms with van der Waals surface area (Å²) in [5.74, 6) is -2.46. The molecule has 0 saturated carbocycles. The van der Waals surface area contributed by atoms with E-state index in [1.54, 1.807) is 0 Å². The van der Waals surface area contributed by atoms with Gasteiger partial charge in [-0.2, -0.15) is 0 Å². The van der Waals surface area contributed by atoms with Crippen LogP contribution < -0.4 is 11.1 Å². The monoisotopic (exact) mass is 519 g/mol. The minimum atomic E-state index is -1.26. The Labute approximate surface area is 194 Å². The molecule has 1 saturated heterocycles. The second kappa shape index (κ2) is 8.62. The number of anilines is 1. The van der Waals surface area contributed by atoms with E-state index in [0.717, 1.165) is 27.8 Å². The molecule has 1 fully saturated rings. The van der Waals surface area contributed by atoms with Gasteiger partial charge in [-0.05, 0) is 11.5 Å². The molecule has 17 heteroatoms. The Bertz CT molecular complexity index is 1130. The molecule has 2 aromatic rings. The highest BCUT2D eigenvalue weighted by Crippen LogP contribution is 2.45. The fraction of sp³-hybridized carbons (Fsp3) is 0.214. The second-order valence-corrected chi connectivity index (χ2v) is 10.8. The zero-order valence-corrected chi connectivity index (χ0v) is 18.9. The van der Waals surface area contributed by atoms with Crippen LogP contribution in [0, 0.1) is 0 Å². The van der Waals surface area contributed by atoms with Crippen molar-refractivity contribution in [2.45, 2.75) is 15.6 Å². The molecule has 31 heavy (non-hydrogen) atoms. The lowest BCUT2D eigenvalue weighted by atomic mass is 10.0. The van der Waals surface area contributed by atoms with Gasteiger partial charge in [0.1, 0.15) is 31.4 Å². The quantitative estimate of drug-likeness (QED) is 0.184. The molecule has 0 radical (unpaired) electrons. The molecule has 0 spiro atoms. The summed E-state index contributed by atoms with van der Waals surface area (Å²) in [6.45, 7) is 0. The van der Waals surface area contributed by atoms with Gasteiger partial charge in [0, 0.05) is 10.7 Å². The molecule has 12 nitrogen and oxygen atoms in total. The van der Waals surface area contributed by atoms with E-state index in [1.807, 2.05) is 0 Å². The fourth-order valence-electron chi connectivity index (χ4n) is 2.87. The zero-order valence-electron chi connectivity index (χ0n) is 14.9. The highest BCUT2D eigenvalue weighted by molar-refractivity contribution is 8.07. The van der Waals surface area contributed by atoms with Crippen molar-refractivity contribution in [1.82, 2.24) is 24.8 Å². The first-order valence-electron chi connectivity index (χ1n) is 8.13. The molecule has 0 unspecified atom stereocenters. The number of carbonyl (C=O) groups is 3. The van der Waals surface area contributed by atoms with Crippen LogP contribution in [0.25, 0.3) is 0 Å². The van der Waals surface area contributed by atoms with E-state index < -0.39 is 34.9 Å². The van der Waals surface area contributed by atoms with Crippen molar-refractivity contribution in [3.8, 4) is 0 Å². The van der Waals surface area contributed by atoms with Crippen molar-refractivity contribution in [2.24, 2.45) is 5.16 Å². The maximum Gasteiger partial charge on any atom is 0.353 e. The number of rotatable bonds is 6. The van der Waals surface area contributed by atoms with E-state index in [1.165, 1.54) is 29.7 Å². The van der Waals surface area contributed by atoms with Gasteiger partial charge in [-0.15, -0.1) is 16.9 Å². The highest BCUT2D eigenvalue weighted by Gasteiger charge is 2.54. The SMILES string of the molecule is Nc1nc(/C(=N/O)C(=O)N[C@@H]2C(=O)N3C(C(=O)O)=C(Sc4cnns4)CS[C@H]23)c(Cl)s1. The van der Waals surface area contributed by atoms with Crippen LogP contribution >= 0.6 is 58.0 Å². The fourth-order valence-corrected chi connectivity index (χ4v) is 6.87. The molecule has 0 aromatic carbocycles. The molecule has 2 aliphatic rings. The van der Waals surface area contributed by atoms with Gasteiger partial charge in [-0.3, -0.25) is 14.5 Å². The van der Waals surface area contributed by atoms with Gasteiger partial charge in [-0.25, -0.2) is 9.78 Å². The Balaban J connectivity index is 1.53. The third-order valence-corrected chi connectivity index (χ3v) is 8.50. The van der Waals surface area contributed by atoms with Crippen LogP contribution in [0.5, 0.6) is 0 Å². The maximum absolute atomic E-state index is 12.7. The van der Waals surface area contributed by atoms with E-state index in [0.29, 0.717) is 14.9 Å². The van der Waals surface area contributed by atoms with E-state index in [-0.39, 0.29) is 20.9 Å². The van der Waals surface area contributed by atoms with Crippen molar-refractivity contribution in [1.29, 1.82) is 0 Å². The number of aliphatic carboxylic acids is 1. The number of oxime groups is 1. The van der Waals surface area contributed by atoms with Gasteiger partial charge < -0.3 is 21.4 Å². The summed E-state index contributed by atoms with van der Waals surface area (Å²) in [6.07, 6.45) is 1.51. The van der Waals surface area contributed by atoms with Gasteiger partial charge in [0.15, 0.2) is 10.8 Å². The predicted molar refractivity (Wildman–Crippen MR) is 115 cm³/mol. The minimum Gasteiger partial charge on any atom is -0.477 e. The van der Waals surface area contributed by atoms with Gasteiger partial charge in [-0.1, -0.05) is 44.3 Å². The number of hydrogen-bond donors (Lipinski definition) is 4. The lowest BCUT2D eigenvalue weighted by Crippen LogP contribution is -2.71. The van der Waals surface area contributed by atoms with Crippen LogP contribution in [0.4, 0.5) is 5.13 Å². The topological polar surface area (TPSA) is 184 Å². The number of hydrogen-bond acceptors (Lipinski definition) is 13. The Kier molecular flexibility index (Phi) is 6.07. The number of nitrogens with one attached hydrogen (secondary N) is 1. The third kappa shape index (κ3) is 3.96. The first kappa shape index (κ1) is 21.8. The van der Waals surface area contributed by atoms with Crippen LogP contribution in [0.3, 0.4) is 0 Å². The van der Waals surface area contributed by atoms with Crippen molar-refractivity contribution in [2.75, 3.05) is 11.5 Å². The number of aromatic nitrogens is 3. The van der Waals surface area contributed by atoms with E-state index >= 15 is 0 Å². The third-order valence-electron chi connectivity index (χ3n) is 4.13. The standard InChI is InChI=1S/C14H10ClN7O5S4/c15-9-5(19-14(16)30-9)6(20-27)10(23)18-7-11(24)22-8(13(25)26)3(2-28-12(7)22)29-4-1-17-21-31-4/h1,7,12,27H,2H2,(H2,16,19)(H,18,23)(H,25,26)/b20-6-/t7-,12-/m1/s1. The number of carbonyl (C=O) groups excluding carboxylic acids is 2. The minimum absolute atomic E-state index is 0.0457. The number of β-lactam (4-membered cyclic amide) rings is 1. The molecule has 2 atom stereocenters. The van der Waals surface area contributed by atoms with E-state index in [2.05, 4.69) is 25.0 Å². The first-order valence-corrected chi connectivity index (χ1v) is 12.0. The Hall–Kier alpha value is -2.40. The van der Waals surface area contributed by atoms with Crippen molar-refractivity contribution in [3.63, 3.8) is 0 Å². The molecule has 4 rings (SSSR count). The lowest BCUT2D eigenvalue weighted by Gasteiger charge is -2.49. The molecular formula is C14H10ClN7O5S4. The average molecular weight is 520 g/mol. The summed E-state index contributed by atoms with van der Waals surface area (Å²) in [6, 6.07) is -1.02. The molecule has 0 aliphatic carbocycles. The molecule has 162 valence electrons. The van der Waals surface area contributed by atoms with E-state index in [9.17, 15) is 24.7 Å². The lowest BCUT2D eigenvalue weighted by molar-refractivity contribution is -0.150. The van der Waals surface area contributed by atoms with Crippen LogP contribution in [-0.2, 0) is 14.4 Å². The largest absolute Gasteiger partial charge is 0.477 e. The maximum atomic E-state index is 12.7. The number of carboxylic acid groups (broad SMARTS) is 1. The summed E-state index contributed by atoms with van der Waals surface area (Å²) in [4.78, 5) is 42.6. The average Bonchev–Trinajstić information content (AvgIpc) is 3.35. The van der Waals surface area contributed by atoms with Crippen molar-refractivity contribution in [3.05, 3.63) is 26.8 Å². The molecule has 0 bridgehead atoms. The number of thiazole rings is 1. The van der Waals surface area contributed by atoms with Crippen LogP contribution in [0.2, 0.25) is 4.34 Å². The van der Waals surface area contributed by atoms with Crippen LogP contribution in [0.15, 0.2) is 26.2 Å². The molecule has 4 heterocycles. The Morgan fingerprint density at radius 1 is 1.45 bits per heavy atom. The Morgan fingerprint density at radius 2 is 2.23 bits per heavy atom. The molecule has 2 aromatic heterocycles. The highest BCUT2D eigenvalue weighted by atomic mass is 35.5. The summed E-state index contributed by atoms with van der Waals surface area (Å²) in [5, 5.41) is 27.5. The summed E-state index contributed by atoms with van der Waals surface area (Å²) >= 11 is 10.4. The number of nitrogens with zero attached hydrogens (tertiary/aromatic N) is 5. The summed E-state index contributed by atoms with van der Waals surface area (Å²) in [5.41, 5.74) is 4.77. The molecule has 2 aliphatic heterocycles. The van der Waals surface area contributed by atoms with Crippen molar-refractivity contribution >= 4 is 86.6 Å². The predicted octanol–water partition coefficient (Wildman–Crippen LogP) is 0.897. The normalized spacial score (nSPS) is 21.0. The van der Waals surface area contributed by atoms with Gasteiger partial charge in [0.25, 0.3) is 11.8 Å². The van der Waals surface area contributed by atoms with Gasteiger partial charge in [0.05, 0.1) is 6.20 Å².